The van der Waals surface area contributed by atoms with Crippen molar-refractivity contribution in [3.05, 3.63) is 57.6 Å². The van der Waals surface area contributed by atoms with E-state index in [-0.39, 0.29) is 5.75 Å². The topological polar surface area (TPSA) is 92.3 Å². The van der Waals surface area contributed by atoms with Gasteiger partial charge < -0.3 is 10.6 Å². The number of amides is 2. The third-order valence-electron chi connectivity index (χ3n) is 5.73. The zero-order valence-corrected chi connectivity index (χ0v) is 18.3. The molecule has 1 aliphatic carbocycles. The van der Waals surface area contributed by atoms with Gasteiger partial charge in [0.05, 0.1) is 10.6 Å². The normalized spacial score (nSPS) is 18.2. The summed E-state index contributed by atoms with van der Waals surface area (Å²) in [6.45, 7) is 0. The third kappa shape index (κ3) is 4.19. The van der Waals surface area contributed by atoms with Crippen molar-refractivity contribution >= 4 is 50.5 Å². The maximum absolute atomic E-state index is 12.5. The third-order valence-corrected chi connectivity index (χ3v) is 8.13. The van der Waals surface area contributed by atoms with Crippen molar-refractivity contribution in [2.75, 3.05) is 11.1 Å². The fraction of sp³-hybridized carbons (Fsp3) is 0.333. The molecule has 1 aliphatic heterocycles. The summed E-state index contributed by atoms with van der Waals surface area (Å²) < 4.78 is 23.8. The predicted octanol–water partition coefficient (Wildman–Crippen LogP) is 3.54. The van der Waals surface area contributed by atoms with Crippen LogP contribution in [0.2, 0.25) is 10.0 Å². The van der Waals surface area contributed by atoms with E-state index >= 15 is 0 Å². The molecule has 1 saturated carbocycles. The first kappa shape index (κ1) is 21.2. The lowest BCUT2D eigenvalue weighted by atomic mass is 9.72. The summed E-state index contributed by atoms with van der Waals surface area (Å²) in [6.07, 6.45) is 3.37. The number of benzene rings is 2. The second-order valence-corrected chi connectivity index (χ2v) is 10.8. The largest absolute Gasteiger partial charge is 0.342 e. The Morgan fingerprint density at radius 1 is 1.03 bits per heavy atom. The van der Waals surface area contributed by atoms with E-state index in [9.17, 15) is 18.0 Å². The van der Waals surface area contributed by atoms with Gasteiger partial charge in [0.2, 0.25) is 0 Å². The van der Waals surface area contributed by atoms with Gasteiger partial charge in [-0.25, -0.2) is 8.42 Å². The minimum Gasteiger partial charge on any atom is -0.342 e. The van der Waals surface area contributed by atoms with Gasteiger partial charge in [-0.05, 0) is 73.6 Å². The van der Waals surface area contributed by atoms with Gasteiger partial charge in [-0.15, -0.1) is 0 Å². The molecular weight excluding hydrogens is 447 g/mol. The highest BCUT2D eigenvalue weighted by Crippen LogP contribution is 2.37. The molecule has 2 amide bonds. The molecule has 0 radical (unpaired) electrons. The molecule has 2 aliphatic rings. The number of rotatable bonds is 4. The van der Waals surface area contributed by atoms with Crippen LogP contribution in [-0.2, 0) is 32.3 Å². The van der Waals surface area contributed by atoms with Crippen LogP contribution in [0.15, 0.2) is 41.3 Å². The highest BCUT2D eigenvalue weighted by atomic mass is 35.5. The number of hydrogen-bond donors (Lipinski definition) is 2. The van der Waals surface area contributed by atoms with Gasteiger partial charge in [0.25, 0.3) is 0 Å². The predicted molar refractivity (Wildman–Crippen MR) is 116 cm³/mol. The molecule has 0 unspecified atom stereocenters. The highest BCUT2D eigenvalue weighted by molar-refractivity contribution is 7.91. The first-order valence-corrected chi connectivity index (χ1v) is 12.0. The molecule has 2 aromatic carbocycles. The SMILES string of the molecule is O=C(Nc1ccc2c(c1)CCS2(=O)=O)C(=O)NC1(Cc2ccc(Cl)cc2Cl)CCC1. The van der Waals surface area contributed by atoms with Gasteiger partial charge in [0, 0.05) is 21.3 Å². The smallest absolute Gasteiger partial charge is 0.313 e. The monoisotopic (exact) mass is 466 g/mol. The van der Waals surface area contributed by atoms with Crippen LogP contribution in [0.4, 0.5) is 5.69 Å². The van der Waals surface area contributed by atoms with Crippen molar-refractivity contribution in [2.45, 2.75) is 42.5 Å². The minimum absolute atomic E-state index is 0.0655. The molecule has 2 N–H and O–H groups in total. The van der Waals surface area contributed by atoms with Gasteiger partial charge in [-0.3, -0.25) is 9.59 Å². The molecule has 158 valence electrons. The first-order chi connectivity index (χ1) is 14.2. The molecule has 0 saturated heterocycles. The Morgan fingerprint density at radius 2 is 1.80 bits per heavy atom. The Bertz CT molecular complexity index is 1140. The standard InChI is InChI=1S/C21H20Cl2N2O4S/c22-15-3-2-14(17(23)11-15)12-21(7-1-8-21)25-20(27)19(26)24-16-4-5-18-13(10-16)6-9-30(18,28)29/h2-5,10-11H,1,6-9,12H2,(H,24,26)(H,25,27). The van der Waals surface area contributed by atoms with Crippen LogP contribution in [0.1, 0.15) is 30.4 Å². The summed E-state index contributed by atoms with van der Waals surface area (Å²) in [5.41, 5.74) is 1.40. The molecule has 0 spiro atoms. The fourth-order valence-electron chi connectivity index (χ4n) is 3.97. The van der Waals surface area contributed by atoms with E-state index in [0.717, 1.165) is 24.8 Å². The summed E-state index contributed by atoms with van der Waals surface area (Å²) >= 11 is 12.2. The number of fused-ring (bicyclic) bond motifs is 1. The zero-order valence-electron chi connectivity index (χ0n) is 16.0. The van der Waals surface area contributed by atoms with Crippen LogP contribution in [-0.4, -0.2) is 31.5 Å². The minimum atomic E-state index is -3.23. The van der Waals surface area contributed by atoms with Crippen molar-refractivity contribution in [3.8, 4) is 0 Å². The van der Waals surface area contributed by atoms with Gasteiger partial charge >= 0.3 is 11.8 Å². The second-order valence-electron chi connectivity index (χ2n) is 7.85. The first-order valence-electron chi connectivity index (χ1n) is 9.61. The number of nitrogens with one attached hydrogen (secondary N) is 2. The average Bonchev–Trinajstić information content (AvgIpc) is 2.96. The Morgan fingerprint density at radius 3 is 2.47 bits per heavy atom. The lowest BCUT2D eigenvalue weighted by molar-refractivity contribution is -0.138. The fourth-order valence-corrected chi connectivity index (χ4v) is 5.99. The van der Waals surface area contributed by atoms with Crippen LogP contribution >= 0.6 is 23.2 Å². The Labute approximate surface area is 184 Å². The van der Waals surface area contributed by atoms with Crippen LogP contribution in [0.25, 0.3) is 0 Å². The Kier molecular flexibility index (Phi) is 5.55. The van der Waals surface area contributed by atoms with Crippen molar-refractivity contribution in [2.24, 2.45) is 0 Å². The molecule has 0 bridgehead atoms. The van der Waals surface area contributed by atoms with Gasteiger partial charge in [0.15, 0.2) is 9.84 Å². The highest BCUT2D eigenvalue weighted by Gasteiger charge is 2.40. The summed E-state index contributed by atoms with van der Waals surface area (Å²) in [4.78, 5) is 25.3. The summed E-state index contributed by atoms with van der Waals surface area (Å²) in [7, 11) is -3.23. The maximum Gasteiger partial charge on any atom is 0.313 e. The number of hydrogen-bond acceptors (Lipinski definition) is 4. The number of sulfone groups is 1. The molecule has 0 atom stereocenters. The Hall–Kier alpha value is -2.09. The van der Waals surface area contributed by atoms with E-state index in [0.29, 0.717) is 39.0 Å². The summed E-state index contributed by atoms with van der Waals surface area (Å²) in [5, 5.41) is 6.50. The van der Waals surface area contributed by atoms with E-state index in [1.807, 2.05) is 6.07 Å². The number of carbonyl (C=O) groups is 2. The van der Waals surface area contributed by atoms with E-state index in [4.69, 9.17) is 23.2 Å². The lowest BCUT2D eigenvalue weighted by Gasteiger charge is -2.42. The van der Waals surface area contributed by atoms with E-state index in [2.05, 4.69) is 10.6 Å². The van der Waals surface area contributed by atoms with Crippen molar-refractivity contribution in [3.63, 3.8) is 0 Å². The van der Waals surface area contributed by atoms with Crippen LogP contribution in [0.5, 0.6) is 0 Å². The number of carbonyl (C=O) groups excluding carboxylic acids is 2. The average molecular weight is 467 g/mol. The molecule has 2 aromatic rings. The molecule has 4 rings (SSSR count). The summed E-state index contributed by atoms with van der Waals surface area (Å²) in [5.74, 6) is -1.45. The van der Waals surface area contributed by atoms with E-state index in [1.54, 1.807) is 18.2 Å². The molecule has 6 nitrogen and oxygen atoms in total. The second kappa shape index (κ2) is 7.87. The Balaban J connectivity index is 1.43. The van der Waals surface area contributed by atoms with Crippen molar-refractivity contribution in [1.82, 2.24) is 5.32 Å². The number of anilines is 1. The van der Waals surface area contributed by atoms with E-state index < -0.39 is 27.2 Å². The van der Waals surface area contributed by atoms with Gasteiger partial charge in [-0.1, -0.05) is 29.3 Å². The van der Waals surface area contributed by atoms with Crippen molar-refractivity contribution < 1.29 is 18.0 Å². The summed E-state index contributed by atoms with van der Waals surface area (Å²) in [6, 6.07) is 9.82. The molecule has 30 heavy (non-hydrogen) atoms. The number of aryl methyl sites for hydroxylation is 1. The van der Waals surface area contributed by atoms with Crippen LogP contribution < -0.4 is 10.6 Å². The lowest BCUT2D eigenvalue weighted by Crippen LogP contribution is -2.57. The van der Waals surface area contributed by atoms with Crippen molar-refractivity contribution in [1.29, 1.82) is 0 Å². The molecule has 0 aromatic heterocycles. The molecular formula is C21H20Cl2N2O4S. The quantitative estimate of drug-likeness (QED) is 0.673. The zero-order chi connectivity index (χ0) is 21.5. The molecule has 9 heteroatoms. The maximum atomic E-state index is 12.5. The van der Waals surface area contributed by atoms with Gasteiger partial charge in [-0.2, -0.15) is 0 Å². The molecule has 1 fully saturated rings. The molecule has 1 heterocycles. The van der Waals surface area contributed by atoms with Crippen LogP contribution in [0.3, 0.4) is 0 Å². The van der Waals surface area contributed by atoms with Gasteiger partial charge in [0.1, 0.15) is 0 Å². The van der Waals surface area contributed by atoms with Crippen LogP contribution in [0, 0.1) is 0 Å². The number of halogens is 2. The van der Waals surface area contributed by atoms with E-state index in [1.165, 1.54) is 12.1 Å².